The van der Waals surface area contributed by atoms with Crippen LogP contribution in [0.15, 0.2) is 48.7 Å². The average Bonchev–Trinajstić information content (AvgIpc) is 2.67. The number of carbonyl (C=O) groups excluding carboxylic acids is 1. The number of likely N-dealkylation sites (N-methyl/N-ethyl adjacent to an activating group) is 1. The maximum atomic E-state index is 13.2. The summed E-state index contributed by atoms with van der Waals surface area (Å²) < 4.78 is 5.99. The van der Waals surface area contributed by atoms with E-state index in [9.17, 15) is 4.79 Å². The van der Waals surface area contributed by atoms with Crippen LogP contribution in [0.1, 0.15) is 35.7 Å². The molecule has 5 heteroatoms. The molecule has 144 valence electrons. The Hall–Kier alpha value is -2.24. The minimum absolute atomic E-state index is 0.175. The number of carbonyl (C=O) groups is 1. The first-order chi connectivity index (χ1) is 13.0. The van der Waals surface area contributed by atoms with E-state index in [0.717, 1.165) is 37.2 Å². The molecule has 0 aliphatic carbocycles. The van der Waals surface area contributed by atoms with E-state index in [-0.39, 0.29) is 18.1 Å². The minimum Gasteiger partial charge on any atom is -0.372 e. The van der Waals surface area contributed by atoms with Gasteiger partial charge in [0.2, 0.25) is 5.91 Å². The van der Waals surface area contributed by atoms with Gasteiger partial charge in [-0.25, -0.2) is 0 Å². The third-order valence-electron chi connectivity index (χ3n) is 5.05. The maximum Gasteiger partial charge on any atom is 0.244 e. The van der Waals surface area contributed by atoms with Crippen molar-refractivity contribution < 1.29 is 9.53 Å². The topological polar surface area (TPSA) is 45.7 Å². The zero-order valence-electron chi connectivity index (χ0n) is 16.5. The summed E-state index contributed by atoms with van der Waals surface area (Å²) in [6, 6.07) is 13.8. The summed E-state index contributed by atoms with van der Waals surface area (Å²) in [6.07, 6.45) is 3.71. The molecule has 0 radical (unpaired) electrons. The zero-order valence-corrected chi connectivity index (χ0v) is 16.5. The van der Waals surface area contributed by atoms with Crippen molar-refractivity contribution in [2.75, 3.05) is 27.2 Å². The number of piperidine rings is 1. The predicted molar refractivity (Wildman–Crippen MR) is 106 cm³/mol. The number of likely N-dealkylation sites (tertiary alicyclic amines) is 1. The molecule has 0 saturated carbocycles. The highest BCUT2D eigenvalue weighted by molar-refractivity contribution is 5.83. The summed E-state index contributed by atoms with van der Waals surface area (Å²) in [4.78, 5) is 21.4. The van der Waals surface area contributed by atoms with Crippen LogP contribution in [-0.2, 0) is 16.1 Å². The molecule has 5 nitrogen and oxygen atoms in total. The van der Waals surface area contributed by atoms with Crippen LogP contribution in [0.25, 0.3) is 0 Å². The molecule has 2 heterocycles. The third-order valence-corrected chi connectivity index (χ3v) is 5.05. The van der Waals surface area contributed by atoms with Crippen LogP contribution in [0, 0.1) is 6.92 Å². The van der Waals surface area contributed by atoms with Gasteiger partial charge in [0, 0.05) is 19.3 Å². The molecule has 1 amide bonds. The second kappa shape index (κ2) is 9.11. The van der Waals surface area contributed by atoms with Crippen molar-refractivity contribution in [1.29, 1.82) is 0 Å². The van der Waals surface area contributed by atoms with Crippen molar-refractivity contribution in [2.45, 2.75) is 38.5 Å². The predicted octanol–water partition coefficient (Wildman–Crippen LogP) is 3.20. The van der Waals surface area contributed by atoms with E-state index in [1.165, 1.54) is 5.56 Å². The number of hydrogen-bond acceptors (Lipinski definition) is 4. The Kier molecular flexibility index (Phi) is 6.58. The quantitative estimate of drug-likeness (QED) is 0.787. The molecule has 1 aromatic carbocycles. The van der Waals surface area contributed by atoms with Gasteiger partial charge in [-0.3, -0.25) is 14.7 Å². The van der Waals surface area contributed by atoms with Gasteiger partial charge in [-0.2, -0.15) is 0 Å². The fourth-order valence-corrected chi connectivity index (χ4v) is 3.60. The fourth-order valence-electron chi connectivity index (χ4n) is 3.60. The molecule has 1 aliphatic rings. The van der Waals surface area contributed by atoms with Crippen molar-refractivity contribution in [2.24, 2.45) is 0 Å². The van der Waals surface area contributed by atoms with E-state index in [2.05, 4.69) is 24.0 Å². The average molecular weight is 367 g/mol. The Morgan fingerprint density at radius 1 is 1.22 bits per heavy atom. The lowest BCUT2D eigenvalue weighted by Gasteiger charge is -2.36. The zero-order chi connectivity index (χ0) is 19.2. The number of pyridine rings is 1. The van der Waals surface area contributed by atoms with Gasteiger partial charge in [0.05, 0.1) is 18.4 Å². The van der Waals surface area contributed by atoms with Crippen LogP contribution in [0.2, 0.25) is 0 Å². The monoisotopic (exact) mass is 367 g/mol. The van der Waals surface area contributed by atoms with Gasteiger partial charge in [0.1, 0.15) is 6.04 Å². The highest BCUT2D eigenvalue weighted by Crippen LogP contribution is 2.24. The lowest BCUT2D eigenvalue weighted by Crippen LogP contribution is -2.45. The van der Waals surface area contributed by atoms with Crippen LogP contribution < -0.4 is 0 Å². The Balaban J connectivity index is 1.56. The van der Waals surface area contributed by atoms with Crippen LogP contribution >= 0.6 is 0 Å². The number of aryl methyl sites for hydroxylation is 1. The summed E-state index contributed by atoms with van der Waals surface area (Å²) in [5, 5.41) is 0. The summed E-state index contributed by atoms with van der Waals surface area (Å²) in [5.41, 5.74) is 3.18. The summed E-state index contributed by atoms with van der Waals surface area (Å²) >= 11 is 0. The van der Waals surface area contributed by atoms with Crippen LogP contribution in [0.5, 0.6) is 0 Å². The number of hydrogen-bond donors (Lipinski definition) is 0. The fraction of sp³-hybridized carbons (Fsp3) is 0.455. The van der Waals surface area contributed by atoms with Gasteiger partial charge in [0.15, 0.2) is 0 Å². The number of amides is 1. The highest BCUT2D eigenvalue weighted by Gasteiger charge is 2.30. The molecule has 27 heavy (non-hydrogen) atoms. The molecular weight excluding hydrogens is 338 g/mol. The van der Waals surface area contributed by atoms with Gasteiger partial charge < -0.3 is 9.64 Å². The molecule has 1 aromatic heterocycles. The Labute approximate surface area is 162 Å². The molecule has 0 N–H and O–H groups in total. The summed E-state index contributed by atoms with van der Waals surface area (Å²) in [6.45, 7) is 4.07. The molecule has 0 unspecified atom stereocenters. The molecule has 3 rings (SSSR count). The first-order valence-corrected chi connectivity index (χ1v) is 9.58. The third kappa shape index (κ3) is 5.15. The SMILES string of the molecule is Cc1cccc([C@@H](C(=O)N2CCC(OCc3ccccn3)CC2)N(C)C)c1. The van der Waals surface area contributed by atoms with Crippen LogP contribution in [-0.4, -0.2) is 54.0 Å². The lowest BCUT2D eigenvalue weighted by atomic mass is 10.0. The number of benzene rings is 1. The van der Waals surface area contributed by atoms with Gasteiger partial charge in [-0.15, -0.1) is 0 Å². The van der Waals surface area contributed by atoms with Gasteiger partial charge in [-0.1, -0.05) is 35.9 Å². The second-order valence-corrected chi connectivity index (χ2v) is 7.44. The summed E-state index contributed by atoms with van der Waals surface area (Å²) in [7, 11) is 3.93. The smallest absolute Gasteiger partial charge is 0.244 e. The van der Waals surface area contributed by atoms with Gasteiger partial charge in [0.25, 0.3) is 0 Å². The van der Waals surface area contributed by atoms with Gasteiger partial charge in [-0.05, 0) is 51.6 Å². The molecule has 2 aromatic rings. The largest absolute Gasteiger partial charge is 0.372 e. The normalized spacial score (nSPS) is 16.5. The van der Waals surface area contributed by atoms with E-state index in [4.69, 9.17) is 4.74 Å². The molecule has 1 atom stereocenters. The Bertz CT molecular complexity index is 740. The van der Waals surface area contributed by atoms with Crippen molar-refractivity contribution in [3.8, 4) is 0 Å². The van der Waals surface area contributed by atoms with Gasteiger partial charge >= 0.3 is 0 Å². The first-order valence-electron chi connectivity index (χ1n) is 9.58. The Morgan fingerprint density at radius 2 is 2.00 bits per heavy atom. The van der Waals surface area contributed by atoms with Crippen LogP contribution in [0.4, 0.5) is 0 Å². The van der Waals surface area contributed by atoms with E-state index in [1.807, 2.05) is 54.2 Å². The maximum absolute atomic E-state index is 13.2. The number of aromatic nitrogens is 1. The van der Waals surface area contributed by atoms with Crippen molar-refractivity contribution in [3.63, 3.8) is 0 Å². The lowest BCUT2D eigenvalue weighted by molar-refractivity contribution is -0.139. The van der Waals surface area contributed by atoms with Crippen molar-refractivity contribution >= 4 is 5.91 Å². The Morgan fingerprint density at radius 3 is 2.63 bits per heavy atom. The standard InChI is InChI=1S/C22H29N3O2/c1-17-7-6-8-18(15-17)21(24(2)3)22(26)25-13-10-20(11-14-25)27-16-19-9-4-5-12-23-19/h4-9,12,15,20-21H,10-11,13-14,16H2,1-3H3/t21-/m0/s1. The molecular formula is C22H29N3O2. The second-order valence-electron chi connectivity index (χ2n) is 7.44. The van der Waals surface area contributed by atoms with Crippen LogP contribution in [0.3, 0.4) is 0 Å². The van der Waals surface area contributed by atoms with E-state index in [1.54, 1.807) is 6.20 Å². The van der Waals surface area contributed by atoms with E-state index < -0.39 is 0 Å². The molecule has 1 fully saturated rings. The summed E-state index contributed by atoms with van der Waals surface area (Å²) in [5.74, 6) is 0.175. The number of ether oxygens (including phenoxy) is 1. The minimum atomic E-state index is -0.240. The molecule has 1 aliphatic heterocycles. The highest BCUT2D eigenvalue weighted by atomic mass is 16.5. The molecule has 0 spiro atoms. The molecule has 0 bridgehead atoms. The number of nitrogens with zero attached hydrogens (tertiary/aromatic N) is 3. The first kappa shape index (κ1) is 19.5. The number of rotatable bonds is 6. The van der Waals surface area contributed by atoms with E-state index in [0.29, 0.717) is 6.61 Å². The van der Waals surface area contributed by atoms with Crippen molar-refractivity contribution in [1.82, 2.24) is 14.8 Å². The van der Waals surface area contributed by atoms with Crippen molar-refractivity contribution in [3.05, 3.63) is 65.5 Å². The molecule has 1 saturated heterocycles. The van der Waals surface area contributed by atoms with E-state index >= 15 is 0 Å².